The van der Waals surface area contributed by atoms with E-state index < -0.39 is 35.5 Å². The first-order chi connectivity index (χ1) is 19.5. The number of ether oxygens (including phenoxy) is 3. The Morgan fingerprint density at radius 3 is 2.42 bits per heavy atom. The van der Waals surface area contributed by atoms with Crippen molar-refractivity contribution in [3.8, 4) is 17.2 Å². The first-order valence-corrected chi connectivity index (χ1v) is 13.8. The fraction of sp³-hybridized carbons (Fsp3) is 0.156. The second-order valence-corrected chi connectivity index (χ2v) is 11.3. The van der Waals surface area contributed by atoms with Crippen molar-refractivity contribution < 1.29 is 28.6 Å². The predicted molar refractivity (Wildman–Crippen MR) is 150 cm³/mol. The minimum atomic E-state index is -0.918. The van der Waals surface area contributed by atoms with E-state index in [2.05, 4.69) is 15.9 Å². The number of rotatable bonds is 2. The molecule has 4 aromatic carbocycles. The summed E-state index contributed by atoms with van der Waals surface area (Å²) in [7, 11) is 0. The van der Waals surface area contributed by atoms with Crippen molar-refractivity contribution in [3.05, 3.63) is 101 Å². The Hall–Kier alpha value is -4.43. The predicted octanol–water partition coefficient (Wildman–Crippen LogP) is 5.85. The van der Waals surface area contributed by atoms with Gasteiger partial charge in [-0.2, -0.15) is 0 Å². The molecule has 4 aromatic rings. The van der Waals surface area contributed by atoms with Crippen LogP contribution < -0.4 is 19.1 Å². The van der Waals surface area contributed by atoms with Crippen molar-refractivity contribution in [1.29, 1.82) is 0 Å². The van der Waals surface area contributed by atoms with E-state index in [4.69, 9.17) is 14.2 Å². The van der Waals surface area contributed by atoms with E-state index in [-0.39, 0.29) is 12.7 Å². The standard InChI is InChI=1S/C32H20BrNO6/c33-18-7-9-19(10-8-18)34-30(35)26-22(17-6-12-24-25(13-17)39-15-38-24)14-23-21-11-5-16-3-1-2-4-20(16)29(21)40-32(37)27(23)28(26)31(34)36/h1-14,22,26-28H,15H2/t22-,26+,27-,28-/m1/s1. The van der Waals surface area contributed by atoms with Crippen LogP contribution in [-0.4, -0.2) is 24.6 Å². The van der Waals surface area contributed by atoms with Crippen LogP contribution in [0.5, 0.6) is 17.2 Å². The summed E-state index contributed by atoms with van der Waals surface area (Å²) in [5.74, 6) is -2.65. The molecule has 0 unspecified atom stereocenters. The number of carbonyl (C=O) groups excluding carboxylic acids is 3. The van der Waals surface area contributed by atoms with Gasteiger partial charge < -0.3 is 14.2 Å². The molecule has 7 nitrogen and oxygen atoms in total. The molecule has 1 saturated heterocycles. The molecule has 8 rings (SSSR count). The Bertz CT molecular complexity index is 1810. The van der Waals surface area contributed by atoms with Gasteiger partial charge in [0.2, 0.25) is 18.6 Å². The molecule has 0 spiro atoms. The van der Waals surface area contributed by atoms with Crippen molar-refractivity contribution in [2.24, 2.45) is 17.8 Å². The molecule has 0 bridgehead atoms. The molecule has 1 fully saturated rings. The van der Waals surface area contributed by atoms with Gasteiger partial charge in [0.15, 0.2) is 11.5 Å². The molecule has 2 amide bonds. The lowest BCUT2D eigenvalue weighted by Gasteiger charge is -2.38. The first-order valence-electron chi connectivity index (χ1n) is 13.0. The Balaban J connectivity index is 1.34. The quantitative estimate of drug-likeness (QED) is 0.165. The van der Waals surface area contributed by atoms with Crippen molar-refractivity contribution in [2.75, 3.05) is 11.7 Å². The van der Waals surface area contributed by atoms with Gasteiger partial charge in [0, 0.05) is 21.3 Å². The highest BCUT2D eigenvalue weighted by molar-refractivity contribution is 9.10. The number of carbonyl (C=O) groups is 3. The molecule has 3 aliphatic heterocycles. The van der Waals surface area contributed by atoms with Gasteiger partial charge >= 0.3 is 5.97 Å². The second-order valence-electron chi connectivity index (χ2n) is 10.4. The molecule has 4 atom stereocenters. The highest BCUT2D eigenvalue weighted by atomic mass is 79.9. The number of anilines is 1. The van der Waals surface area contributed by atoms with Crippen LogP contribution in [0.15, 0.2) is 89.4 Å². The van der Waals surface area contributed by atoms with Crippen LogP contribution >= 0.6 is 15.9 Å². The normalized spacial score (nSPS) is 24.4. The number of nitrogens with zero attached hydrogens (tertiary/aromatic N) is 1. The SMILES string of the molecule is O=C1Oc2c(ccc3ccccc23)C2=C[C@H](c3ccc4c(c3)OCO4)[C@@H]3C(=O)N(c4ccc(Br)cc4)C(=O)[C@H]3[C@H]12. The Morgan fingerprint density at radius 2 is 1.57 bits per heavy atom. The van der Waals surface area contributed by atoms with Gasteiger partial charge in [-0.3, -0.25) is 14.4 Å². The number of imide groups is 1. The molecule has 0 aromatic heterocycles. The molecule has 8 heteroatoms. The highest BCUT2D eigenvalue weighted by Gasteiger charge is 2.60. The summed E-state index contributed by atoms with van der Waals surface area (Å²) in [5.41, 5.74) is 2.74. The number of hydrogen-bond donors (Lipinski definition) is 0. The maximum Gasteiger partial charge on any atom is 0.319 e. The van der Waals surface area contributed by atoms with Gasteiger partial charge in [0.1, 0.15) is 5.75 Å². The van der Waals surface area contributed by atoms with Crippen LogP contribution in [0.2, 0.25) is 0 Å². The first kappa shape index (κ1) is 23.5. The van der Waals surface area contributed by atoms with E-state index in [1.807, 2.05) is 60.7 Å². The monoisotopic (exact) mass is 593 g/mol. The molecular formula is C32H20BrNO6. The van der Waals surface area contributed by atoms with Crippen LogP contribution in [0, 0.1) is 17.8 Å². The molecule has 1 aliphatic carbocycles. The summed E-state index contributed by atoms with van der Waals surface area (Å²) < 4.78 is 17.9. The number of hydrogen-bond acceptors (Lipinski definition) is 6. The summed E-state index contributed by atoms with van der Waals surface area (Å²) >= 11 is 3.42. The van der Waals surface area contributed by atoms with Gasteiger partial charge in [-0.25, -0.2) is 4.90 Å². The largest absolute Gasteiger partial charge is 0.454 e. The lowest BCUT2D eigenvalue weighted by molar-refractivity contribution is -0.142. The van der Waals surface area contributed by atoms with Crippen molar-refractivity contribution in [2.45, 2.75) is 5.92 Å². The maximum absolute atomic E-state index is 14.1. The lowest BCUT2D eigenvalue weighted by atomic mass is 9.64. The third-order valence-electron chi connectivity index (χ3n) is 8.35. The zero-order valence-corrected chi connectivity index (χ0v) is 22.5. The maximum atomic E-state index is 14.1. The van der Waals surface area contributed by atoms with Crippen molar-refractivity contribution in [3.63, 3.8) is 0 Å². The third-order valence-corrected chi connectivity index (χ3v) is 8.88. The van der Waals surface area contributed by atoms with Gasteiger partial charge in [-0.05, 0) is 52.9 Å². The third kappa shape index (κ3) is 3.26. The summed E-state index contributed by atoms with van der Waals surface area (Å²) in [6.45, 7) is 0.125. The van der Waals surface area contributed by atoms with E-state index in [1.54, 1.807) is 24.3 Å². The summed E-state index contributed by atoms with van der Waals surface area (Å²) in [4.78, 5) is 43.2. The van der Waals surface area contributed by atoms with E-state index in [9.17, 15) is 14.4 Å². The zero-order valence-electron chi connectivity index (χ0n) is 20.9. The van der Waals surface area contributed by atoms with Gasteiger partial charge in [0.05, 0.1) is 23.4 Å². The van der Waals surface area contributed by atoms with Crippen LogP contribution in [0.25, 0.3) is 16.3 Å². The van der Waals surface area contributed by atoms with E-state index in [0.717, 1.165) is 26.4 Å². The molecule has 0 saturated carbocycles. The van der Waals surface area contributed by atoms with Gasteiger partial charge in [-0.1, -0.05) is 64.5 Å². The van der Waals surface area contributed by atoms with Crippen LogP contribution in [0.1, 0.15) is 17.0 Å². The smallest absolute Gasteiger partial charge is 0.319 e. The molecule has 0 N–H and O–H groups in total. The molecule has 4 aliphatic rings. The number of halogens is 1. The minimum Gasteiger partial charge on any atom is -0.454 e. The van der Waals surface area contributed by atoms with Crippen molar-refractivity contribution >= 4 is 55.7 Å². The topological polar surface area (TPSA) is 82.1 Å². The molecule has 0 radical (unpaired) electrons. The Kier molecular flexibility index (Phi) is 5.00. The van der Waals surface area contributed by atoms with E-state index in [0.29, 0.717) is 28.5 Å². The van der Waals surface area contributed by atoms with Crippen molar-refractivity contribution in [1.82, 2.24) is 0 Å². The number of amides is 2. The lowest BCUT2D eigenvalue weighted by Crippen LogP contribution is -2.42. The zero-order chi connectivity index (χ0) is 27.1. The Morgan fingerprint density at radius 1 is 0.800 bits per heavy atom. The fourth-order valence-electron chi connectivity index (χ4n) is 6.58. The average molecular weight is 594 g/mol. The van der Waals surface area contributed by atoms with Crippen LogP contribution in [0.3, 0.4) is 0 Å². The van der Waals surface area contributed by atoms with E-state index in [1.165, 1.54) is 4.90 Å². The average Bonchev–Trinajstić information content (AvgIpc) is 3.55. The minimum absolute atomic E-state index is 0.125. The summed E-state index contributed by atoms with van der Waals surface area (Å²) in [5, 5.41) is 1.77. The molecule has 40 heavy (non-hydrogen) atoms. The van der Waals surface area contributed by atoms with Crippen LogP contribution in [-0.2, 0) is 14.4 Å². The van der Waals surface area contributed by atoms with E-state index >= 15 is 0 Å². The molecular weight excluding hydrogens is 574 g/mol. The number of allylic oxidation sites excluding steroid dienone is 1. The summed E-state index contributed by atoms with van der Waals surface area (Å²) in [6, 6.07) is 24.2. The summed E-state index contributed by atoms with van der Waals surface area (Å²) in [6.07, 6.45) is 1.98. The van der Waals surface area contributed by atoms with Crippen LogP contribution in [0.4, 0.5) is 5.69 Å². The molecule has 196 valence electrons. The highest BCUT2D eigenvalue weighted by Crippen LogP contribution is 2.56. The van der Waals surface area contributed by atoms with Gasteiger partial charge in [-0.15, -0.1) is 0 Å². The number of benzene rings is 4. The number of fused-ring (bicyclic) bond motifs is 8. The fourth-order valence-corrected chi connectivity index (χ4v) is 6.84. The Labute approximate surface area is 237 Å². The number of esters is 1. The second kappa shape index (κ2) is 8.53. The molecule has 3 heterocycles. The van der Waals surface area contributed by atoms with Gasteiger partial charge in [0.25, 0.3) is 0 Å².